The lowest BCUT2D eigenvalue weighted by atomic mass is 9.94. The quantitative estimate of drug-likeness (QED) is 0.443. The van der Waals surface area contributed by atoms with Gasteiger partial charge in [-0.2, -0.15) is 0 Å². The van der Waals surface area contributed by atoms with E-state index in [9.17, 15) is 18.4 Å². The first-order valence-corrected chi connectivity index (χ1v) is 11.7. The molecule has 1 atom stereocenters. The Morgan fingerprint density at radius 1 is 1.38 bits per heavy atom. The van der Waals surface area contributed by atoms with E-state index in [0.29, 0.717) is 42.3 Å². The number of benzene rings is 1. The molecule has 1 aliphatic carbocycles. The van der Waals surface area contributed by atoms with Gasteiger partial charge in [-0.25, -0.2) is 14.6 Å². The first kappa shape index (κ1) is 24.5. The van der Waals surface area contributed by atoms with E-state index in [4.69, 9.17) is 27.9 Å². The number of hydrazine groups is 1. The zero-order chi connectivity index (χ0) is 24.8. The van der Waals surface area contributed by atoms with Crippen molar-refractivity contribution in [2.45, 2.75) is 51.6 Å². The summed E-state index contributed by atoms with van der Waals surface area (Å²) in [6.45, 7) is 2.41. The van der Waals surface area contributed by atoms with Gasteiger partial charge in [0.2, 0.25) is 11.8 Å². The van der Waals surface area contributed by atoms with Crippen molar-refractivity contribution in [1.82, 2.24) is 14.8 Å². The van der Waals surface area contributed by atoms with Crippen LogP contribution < -0.4 is 16.3 Å². The third kappa shape index (κ3) is 4.40. The first-order valence-electron chi connectivity index (χ1n) is 11.4. The summed E-state index contributed by atoms with van der Waals surface area (Å²) < 4.78 is 32.7. The van der Waals surface area contributed by atoms with Gasteiger partial charge >= 0.3 is 0 Å². The van der Waals surface area contributed by atoms with Crippen LogP contribution in [-0.2, 0) is 16.0 Å². The summed E-state index contributed by atoms with van der Waals surface area (Å²) in [5.74, 6) is 5.75. The van der Waals surface area contributed by atoms with Gasteiger partial charge in [0.1, 0.15) is 24.2 Å². The van der Waals surface area contributed by atoms with Gasteiger partial charge < -0.3 is 25.3 Å². The van der Waals surface area contributed by atoms with Crippen molar-refractivity contribution in [1.29, 1.82) is 0 Å². The number of amides is 2. The average Bonchev–Trinajstić information content (AvgIpc) is 3.45. The number of hydrogen-bond donors (Lipinski definition) is 2. The molecule has 2 fully saturated rings. The lowest BCUT2D eigenvalue weighted by Crippen LogP contribution is -2.49. The Balaban J connectivity index is 1.75. The second-order valence-electron chi connectivity index (χ2n) is 9.31. The molecule has 1 saturated heterocycles. The molecule has 186 valence electrons. The average molecular weight is 498 g/mol. The summed E-state index contributed by atoms with van der Waals surface area (Å²) in [5, 5.41) is 1.27. The van der Waals surface area contributed by atoms with Crippen molar-refractivity contribution in [3.05, 3.63) is 39.7 Å². The summed E-state index contributed by atoms with van der Waals surface area (Å²) in [6, 6.07) is 3.30. The van der Waals surface area contributed by atoms with Crippen LogP contribution in [-0.4, -0.2) is 59.8 Å². The highest BCUT2D eigenvalue weighted by Gasteiger charge is 2.55. The minimum atomic E-state index is -2.87. The summed E-state index contributed by atoms with van der Waals surface area (Å²) in [7, 11) is 1.27. The second kappa shape index (κ2) is 9.22. The molecule has 2 aliphatic heterocycles. The summed E-state index contributed by atoms with van der Waals surface area (Å²) >= 11 is 6.53. The van der Waals surface area contributed by atoms with Gasteiger partial charge in [0.15, 0.2) is 0 Å². The lowest BCUT2D eigenvalue weighted by molar-refractivity contribution is -0.144. The van der Waals surface area contributed by atoms with E-state index in [1.165, 1.54) is 7.05 Å². The molecule has 8 nitrogen and oxygen atoms in total. The molecular weight excluding hydrogens is 468 g/mol. The lowest BCUT2D eigenvalue weighted by Gasteiger charge is -2.43. The van der Waals surface area contributed by atoms with Gasteiger partial charge in [0, 0.05) is 43.6 Å². The predicted molar refractivity (Wildman–Crippen MR) is 123 cm³/mol. The maximum absolute atomic E-state index is 13.4. The Morgan fingerprint density at radius 2 is 2.09 bits per heavy atom. The number of likely N-dealkylation sites (tertiary alicyclic amines) is 1. The van der Waals surface area contributed by atoms with Crippen LogP contribution in [0.5, 0.6) is 5.75 Å². The summed E-state index contributed by atoms with van der Waals surface area (Å²) in [5.41, 5.74) is 6.52. The molecule has 0 radical (unpaired) electrons. The molecule has 3 aliphatic rings. The van der Waals surface area contributed by atoms with Gasteiger partial charge in [-0.05, 0) is 42.4 Å². The number of allylic oxidation sites excluding steroid dienone is 1. The molecule has 1 spiro atoms. The predicted octanol–water partition coefficient (Wildman–Crippen LogP) is 2.77. The van der Waals surface area contributed by atoms with Crippen molar-refractivity contribution in [2.75, 3.05) is 26.7 Å². The van der Waals surface area contributed by atoms with Crippen molar-refractivity contribution in [2.24, 2.45) is 17.0 Å². The van der Waals surface area contributed by atoms with Crippen molar-refractivity contribution >= 4 is 23.4 Å². The number of hydrogen-bond acceptors (Lipinski definition) is 6. The Hall–Kier alpha value is -2.59. The molecule has 34 heavy (non-hydrogen) atoms. The molecule has 4 rings (SSSR count). The fourth-order valence-corrected chi connectivity index (χ4v) is 5.25. The van der Waals surface area contributed by atoms with E-state index in [0.717, 1.165) is 23.4 Å². The third-order valence-corrected chi connectivity index (χ3v) is 7.30. The molecular formula is C23H30ClF2N5O3. The molecule has 1 unspecified atom stereocenters. The maximum atomic E-state index is 13.4. The van der Waals surface area contributed by atoms with Crippen LogP contribution in [0.3, 0.4) is 0 Å². The topological polar surface area (TPSA) is 105 Å². The highest BCUT2D eigenvalue weighted by atomic mass is 35.5. The monoisotopic (exact) mass is 497 g/mol. The van der Waals surface area contributed by atoms with Crippen LogP contribution in [0.4, 0.5) is 8.78 Å². The van der Waals surface area contributed by atoms with Crippen LogP contribution in [0.1, 0.15) is 49.9 Å². The highest BCUT2D eigenvalue weighted by molar-refractivity contribution is 6.31. The molecule has 11 heteroatoms. The largest absolute Gasteiger partial charge is 0.487 e. The van der Waals surface area contributed by atoms with Crippen LogP contribution in [0.25, 0.3) is 0 Å². The zero-order valence-electron chi connectivity index (χ0n) is 19.3. The Morgan fingerprint density at radius 3 is 2.65 bits per heavy atom. The van der Waals surface area contributed by atoms with Crippen molar-refractivity contribution < 1.29 is 23.1 Å². The van der Waals surface area contributed by atoms with Gasteiger partial charge in [-0.15, -0.1) is 0 Å². The van der Waals surface area contributed by atoms with Crippen molar-refractivity contribution in [3.63, 3.8) is 0 Å². The fourth-order valence-electron chi connectivity index (χ4n) is 4.99. The Bertz CT molecular complexity index is 1020. The van der Waals surface area contributed by atoms with Crippen LogP contribution in [0, 0.1) is 5.41 Å². The SMILES string of the molecule is CCC(=O)N1CCc2c(Cl)ccc(OC/C(N)=C(\C(F)F)N(C)N)c2C1N1CC2(CC2)CC1=O. The zero-order valence-corrected chi connectivity index (χ0v) is 20.1. The molecule has 0 bridgehead atoms. The normalized spacial score (nSPS) is 21.6. The minimum absolute atomic E-state index is 0.0136. The Kier molecular flexibility index (Phi) is 6.65. The Labute approximate surface area is 202 Å². The smallest absolute Gasteiger partial charge is 0.281 e. The number of alkyl halides is 2. The molecule has 2 heterocycles. The number of carbonyl (C=O) groups excluding carboxylic acids is 2. The van der Waals surface area contributed by atoms with E-state index in [-0.39, 0.29) is 36.0 Å². The van der Waals surface area contributed by atoms with E-state index in [1.54, 1.807) is 28.9 Å². The minimum Gasteiger partial charge on any atom is -0.487 e. The number of rotatable bonds is 7. The van der Waals surface area contributed by atoms with Gasteiger partial charge in [0.05, 0.1) is 5.70 Å². The van der Waals surface area contributed by atoms with Gasteiger partial charge in [0.25, 0.3) is 6.43 Å². The van der Waals surface area contributed by atoms with Crippen molar-refractivity contribution in [3.8, 4) is 5.75 Å². The summed E-state index contributed by atoms with van der Waals surface area (Å²) in [6.07, 6.45) is -0.347. The maximum Gasteiger partial charge on any atom is 0.281 e. The van der Waals surface area contributed by atoms with E-state index in [1.807, 2.05) is 0 Å². The molecule has 1 aromatic rings. The van der Waals surface area contributed by atoms with E-state index < -0.39 is 18.3 Å². The number of halogens is 3. The number of carbonyl (C=O) groups is 2. The molecule has 1 aromatic carbocycles. The second-order valence-corrected chi connectivity index (χ2v) is 9.72. The highest BCUT2D eigenvalue weighted by Crippen LogP contribution is 2.56. The van der Waals surface area contributed by atoms with Crippen LogP contribution in [0.2, 0.25) is 5.02 Å². The number of nitrogens with zero attached hydrogens (tertiary/aromatic N) is 3. The number of fused-ring (bicyclic) bond motifs is 1. The van der Waals surface area contributed by atoms with E-state index in [2.05, 4.69) is 0 Å². The standard InChI is InChI=1S/C23H30ClF2N5O3/c1-3-17(32)30-9-6-13-14(24)4-5-16(34-11-15(27)20(21(25)26)29(2)28)19(13)22(30)31-12-23(7-8-23)10-18(31)33/h4-5,21-22H,3,6-12,27-28H2,1-2H3/b20-15-. The number of ether oxygens (including phenoxy) is 1. The molecule has 1 saturated carbocycles. The summed E-state index contributed by atoms with van der Waals surface area (Å²) in [4.78, 5) is 29.4. The van der Waals surface area contributed by atoms with E-state index >= 15 is 0 Å². The fraction of sp³-hybridized carbons (Fsp3) is 0.565. The van der Waals surface area contributed by atoms with Crippen LogP contribution >= 0.6 is 11.6 Å². The van der Waals surface area contributed by atoms with Gasteiger partial charge in [-0.1, -0.05) is 18.5 Å². The number of nitrogens with two attached hydrogens (primary N) is 2. The van der Waals surface area contributed by atoms with Gasteiger partial charge in [-0.3, -0.25) is 9.59 Å². The molecule has 0 aromatic heterocycles. The van der Waals surface area contributed by atoms with Crippen LogP contribution in [0.15, 0.2) is 23.5 Å². The molecule has 2 amide bonds. The molecule has 4 N–H and O–H groups in total. The third-order valence-electron chi connectivity index (χ3n) is 6.94. The first-order chi connectivity index (χ1) is 16.1.